The summed E-state index contributed by atoms with van der Waals surface area (Å²) in [6.45, 7) is 4.61. The van der Waals surface area contributed by atoms with Gasteiger partial charge >= 0.3 is 0 Å². The first-order valence-corrected chi connectivity index (χ1v) is 4.61. The van der Waals surface area contributed by atoms with Crippen LogP contribution in [0.4, 0.5) is 0 Å². The van der Waals surface area contributed by atoms with Gasteiger partial charge in [-0.25, -0.2) is 0 Å². The maximum Gasteiger partial charge on any atom is 0.294 e. The quantitative estimate of drug-likeness (QED) is 0.479. The first-order chi connectivity index (χ1) is 6.54. The summed E-state index contributed by atoms with van der Waals surface area (Å²) in [6.07, 6.45) is -0.695. The van der Waals surface area contributed by atoms with Gasteiger partial charge in [-0.1, -0.05) is 6.92 Å². The predicted molar refractivity (Wildman–Crippen MR) is 45.1 cm³/mol. The molecule has 2 aliphatic rings. The van der Waals surface area contributed by atoms with E-state index in [0.717, 1.165) is 0 Å². The Bertz CT molecular complexity index is 258. The summed E-state index contributed by atoms with van der Waals surface area (Å²) in [5, 5.41) is 9.46. The van der Waals surface area contributed by atoms with Crippen LogP contribution < -0.4 is 0 Å². The summed E-state index contributed by atoms with van der Waals surface area (Å²) in [4.78, 5) is 14.8. The Labute approximate surface area is 81.2 Å². The van der Waals surface area contributed by atoms with Gasteiger partial charge in [0.1, 0.15) is 5.60 Å². The van der Waals surface area contributed by atoms with Crippen molar-refractivity contribution in [3.8, 4) is 0 Å². The molecule has 80 valence electrons. The number of rotatable bonds is 2. The molecule has 0 N–H and O–H groups in total. The van der Waals surface area contributed by atoms with E-state index in [1.165, 1.54) is 0 Å². The van der Waals surface area contributed by atoms with Crippen LogP contribution in [0.1, 0.15) is 13.8 Å². The van der Waals surface area contributed by atoms with Crippen LogP contribution in [0, 0.1) is 16.0 Å². The molecule has 6 nitrogen and oxygen atoms in total. The van der Waals surface area contributed by atoms with Crippen LogP contribution in [0.3, 0.4) is 0 Å². The van der Waals surface area contributed by atoms with Gasteiger partial charge in [-0.3, -0.25) is 0 Å². The van der Waals surface area contributed by atoms with Gasteiger partial charge in [0, 0.05) is 5.92 Å². The van der Waals surface area contributed by atoms with E-state index < -0.39 is 16.8 Å². The van der Waals surface area contributed by atoms with Crippen LogP contribution in [-0.2, 0) is 14.3 Å². The molecule has 0 saturated carbocycles. The molecule has 14 heavy (non-hydrogen) atoms. The molecule has 0 amide bonds. The normalized spacial score (nSPS) is 46.3. The molecule has 2 rings (SSSR count). The van der Waals surface area contributed by atoms with Crippen molar-refractivity contribution in [1.82, 2.24) is 0 Å². The number of hydrogen-bond acceptors (Lipinski definition) is 5. The van der Waals surface area contributed by atoms with Gasteiger partial charge in [-0.2, -0.15) is 0 Å². The third kappa shape index (κ3) is 1.26. The van der Waals surface area contributed by atoms with Gasteiger partial charge in [0.2, 0.25) is 0 Å². The molecule has 2 saturated heterocycles. The van der Waals surface area contributed by atoms with E-state index in [-0.39, 0.29) is 18.6 Å². The van der Waals surface area contributed by atoms with Crippen LogP contribution >= 0.6 is 0 Å². The molecular formula is C8H13NO5. The summed E-state index contributed by atoms with van der Waals surface area (Å²) < 4.78 is 11.0. The lowest BCUT2D eigenvalue weighted by Crippen LogP contribution is -2.45. The first kappa shape index (κ1) is 9.67. The monoisotopic (exact) mass is 203 g/mol. The highest BCUT2D eigenvalue weighted by Crippen LogP contribution is 2.41. The second kappa shape index (κ2) is 3.06. The lowest BCUT2D eigenvalue weighted by molar-refractivity contribution is -0.771. The number of nitrogens with zero attached hydrogens (tertiary/aromatic N) is 1. The van der Waals surface area contributed by atoms with Crippen molar-refractivity contribution < 1.29 is 19.4 Å². The Morgan fingerprint density at radius 2 is 2.29 bits per heavy atom. The molecule has 0 aliphatic carbocycles. The zero-order valence-electron chi connectivity index (χ0n) is 8.13. The Morgan fingerprint density at radius 1 is 1.57 bits per heavy atom. The summed E-state index contributed by atoms with van der Waals surface area (Å²) in [7, 11) is 0. The minimum absolute atomic E-state index is 0.0903. The Morgan fingerprint density at radius 3 is 2.93 bits per heavy atom. The summed E-state index contributed by atoms with van der Waals surface area (Å²) in [6, 6.07) is 0. The Hall–Kier alpha value is -0.880. The molecule has 0 aromatic carbocycles. The van der Waals surface area contributed by atoms with E-state index >= 15 is 0 Å². The molecule has 2 heterocycles. The van der Waals surface area contributed by atoms with Gasteiger partial charge in [0.15, 0.2) is 6.10 Å². The minimum atomic E-state index is -0.784. The Kier molecular flexibility index (Phi) is 2.11. The van der Waals surface area contributed by atoms with Crippen molar-refractivity contribution >= 4 is 0 Å². The Balaban J connectivity index is 2.12. The number of hydrogen-bond donors (Lipinski definition) is 0. The number of fused-ring (bicyclic) bond motifs is 1. The lowest BCUT2D eigenvalue weighted by Gasteiger charge is -2.26. The van der Waals surface area contributed by atoms with E-state index in [1.54, 1.807) is 0 Å². The minimum Gasteiger partial charge on any atom is -0.372 e. The van der Waals surface area contributed by atoms with Gasteiger partial charge in [0.05, 0.1) is 19.3 Å². The average Bonchev–Trinajstić information content (AvgIpc) is 2.53. The van der Waals surface area contributed by atoms with Crippen molar-refractivity contribution in [3.05, 3.63) is 10.1 Å². The zero-order chi connectivity index (χ0) is 10.3. The van der Waals surface area contributed by atoms with Gasteiger partial charge < -0.3 is 14.3 Å². The van der Waals surface area contributed by atoms with Crippen molar-refractivity contribution in [3.63, 3.8) is 0 Å². The highest BCUT2D eigenvalue weighted by atomic mass is 17.0. The SMILES string of the molecule is C[C@H]1CO[C@@]2(C)[C@@H]1OC[C@H]2O[N+](=O)[O-]. The van der Waals surface area contributed by atoms with Crippen molar-refractivity contribution in [1.29, 1.82) is 0 Å². The molecule has 0 radical (unpaired) electrons. The molecule has 6 heteroatoms. The van der Waals surface area contributed by atoms with E-state index in [0.29, 0.717) is 6.61 Å². The molecule has 2 aliphatic heterocycles. The molecule has 0 bridgehead atoms. The van der Waals surface area contributed by atoms with E-state index in [2.05, 4.69) is 4.84 Å². The molecule has 0 unspecified atom stereocenters. The molecule has 0 aromatic heterocycles. The highest BCUT2D eigenvalue weighted by molar-refractivity contribution is 5.03. The predicted octanol–water partition coefficient (Wildman–Crippen LogP) is 0.387. The smallest absolute Gasteiger partial charge is 0.294 e. The van der Waals surface area contributed by atoms with Crippen molar-refractivity contribution in [2.45, 2.75) is 31.7 Å². The summed E-state index contributed by atoms with van der Waals surface area (Å²) in [5.41, 5.74) is -0.660. The van der Waals surface area contributed by atoms with Crippen LogP contribution in [0.5, 0.6) is 0 Å². The fraction of sp³-hybridized carbons (Fsp3) is 1.00. The topological polar surface area (TPSA) is 70.8 Å². The van der Waals surface area contributed by atoms with Crippen molar-refractivity contribution in [2.75, 3.05) is 13.2 Å². The maximum atomic E-state index is 10.2. The average molecular weight is 203 g/mol. The lowest BCUT2D eigenvalue weighted by atomic mass is 9.91. The highest BCUT2D eigenvalue weighted by Gasteiger charge is 2.57. The largest absolute Gasteiger partial charge is 0.372 e. The second-order valence-electron chi connectivity index (χ2n) is 4.04. The molecule has 0 spiro atoms. The van der Waals surface area contributed by atoms with Crippen LogP contribution in [-0.4, -0.2) is 36.1 Å². The third-order valence-corrected chi connectivity index (χ3v) is 3.02. The second-order valence-corrected chi connectivity index (χ2v) is 4.04. The maximum absolute atomic E-state index is 10.2. The molecule has 0 aromatic rings. The first-order valence-electron chi connectivity index (χ1n) is 4.61. The van der Waals surface area contributed by atoms with Gasteiger partial charge in [-0.05, 0) is 6.92 Å². The standard InChI is InChI=1S/C8H13NO5/c1-5-3-13-8(2)6(14-9(10)11)4-12-7(5)8/h5-7H,3-4H2,1-2H3/t5-,6+,7+,8+/m0/s1. The zero-order valence-corrected chi connectivity index (χ0v) is 8.13. The van der Waals surface area contributed by atoms with Crippen LogP contribution in [0.2, 0.25) is 0 Å². The van der Waals surface area contributed by atoms with Crippen LogP contribution in [0.15, 0.2) is 0 Å². The third-order valence-electron chi connectivity index (χ3n) is 3.02. The molecular weight excluding hydrogens is 190 g/mol. The molecule has 4 atom stereocenters. The number of ether oxygens (including phenoxy) is 2. The van der Waals surface area contributed by atoms with Crippen molar-refractivity contribution in [2.24, 2.45) is 5.92 Å². The molecule has 2 fully saturated rings. The van der Waals surface area contributed by atoms with Crippen LogP contribution in [0.25, 0.3) is 0 Å². The fourth-order valence-electron chi connectivity index (χ4n) is 2.25. The summed E-state index contributed by atoms with van der Waals surface area (Å²) >= 11 is 0. The fourth-order valence-corrected chi connectivity index (χ4v) is 2.25. The van der Waals surface area contributed by atoms with E-state index in [4.69, 9.17) is 9.47 Å². The van der Waals surface area contributed by atoms with E-state index in [1.807, 2.05) is 13.8 Å². The van der Waals surface area contributed by atoms with Gasteiger partial charge in [0.25, 0.3) is 5.09 Å². The summed E-state index contributed by atoms with van der Waals surface area (Å²) in [5.74, 6) is 0.264. The van der Waals surface area contributed by atoms with Gasteiger partial charge in [-0.15, -0.1) is 10.1 Å². The van der Waals surface area contributed by atoms with E-state index in [9.17, 15) is 10.1 Å².